The molecule has 1 aromatic carbocycles. The quantitative estimate of drug-likeness (QED) is 0.292. The van der Waals surface area contributed by atoms with Gasteiger partial charge in [-0.05, 0) is 31.7 Å². The molecule has 2 bridgehead atoms. The Balaban J connectivity index is 1.30. The fourth-order valence-electron chi connectivity index (χ4n) is 6.38. The third kappa shape index (κ3) is 4.26. The highest BCUT2D eigenvalue weighted by Crippen LogP contribution is 2.47. The highest BCUT2D eigenvalue weighted by molar-refractivity contribution is 7.91. The fraction of sp³-hybridized carbons (Fsp3) is 0.296. The largest absolute Gasteiger partial charge is 0.382 e. The van der Waals surface area contributed by atoms with Gasteiger partial charge in [-0.3, -0.25) is 4.98 Å². The minimum atomic E-state index is -3.88. The van der Waals surface area contributed by atoms with Gasteiger partial charge in [-0.1, -0.05) is 36.4 Å². The van der Waals surface area contributed by atoms with Crippen molar-refractivity contribution in [3.8, 4) is 22.4 Å². The average molecular weight is 606 g/mol. The number of nitrogens with zero attached hydrogens (tertiary/aromatic N) is 7. The summed E-state index contributed by atoms with van der Waals surface area (Å²) in [5.74, 6) is -0.358. The molecule has 13 nitrogen and oxygen atoms in total. The third-order valence-electron chi connectivity index (χ3n) is 8.15. The monoisotopic (exact) mass is 605 g/mol. The molecule has 2 saturated heterocycles. The van der Waals surface area contributed by atoms with Gasteiger partial charge in [0.25, 0.3) is 15.2 Å². The molecule has 7 rings (SSSR count). The topological polar surface area (TPSA) is 182 Å². The van der Waals surface area contributed by atoms with Gasteiger partial charge < -0.3 is 10.7 Å². The number of piperidine rings is 1. The highest BCUT2D eigenvalue weighted by atomic mass is 32.2. The first-order chi connectivity index (χ1) is 20.1. The number of nitrogen functional groups attached to an aromatic ring is 1. The third-order valence-corrected chi connectivity index (χ3v) is 11.1. The van der Waals surface area contributed by atoms with Crippen LogP contribution >= 0.6 is 0 Å². The summed E-state index contributed by atoms with van der Waals surface area (Å²) < 4.78 is 55.6. The first kappa shape index (κ1) is 26.7. The fourth-order valence-corrected chi connectivity index (χ4v) is 9.16. The van der Waals surface area contributed by atoms with E-state index >= 15 is 0 Å². The molecule has 0 aliphatic carbocycles. The molecular weight excluding hydrogens is 578 g/mol. The molecule has 5 aromatic rings. The van der Waals surface area contributed by atoms with Gasteiger partial charge >= 0.3 is 0 Å². The van der Waals surface area contributed by atoms with Gasteiger partial charge in [0.2, 0.25) is 0 Å². The van der Waals surface area contributed by atoms with E-state index in [1.807, 2.05) is 42.5 Å². The van der Waals surface area contributed by atoms with Crippen molar-refractivity contribution >= 4 is 31.3 Å². The Bertz CT molecular complexity index is 2000. The standard InChI is InChI=1S/C27H27N9O4S2/c1-41(37,38)24-23(18-11-19-8-9-20(12-18)36(19)42(39,40)27-30-15-31-34-27)33-26-21(14-32-35(26)25(24)28)17-7-10-22(29-13-17)16-5-3-2-4-6-16/h2-7,10,13-15,18-20H,8-9,11-12,28H2,1H3,(H,30,31,34)/t18-,19+,20-. The van der Waals surface area contributed by atoms with Crippen molar-refractivity contribution in [2.24, 2.45) is 0 Å². The molecule has 216 valence electrons. The number of hydrogen-bond acceptors (Lipinski definition) is 10. The highest BCUT2D eigenvalue weighted by Gasteiger charge is 2.49. The molecule has 0 radical (unpaired) electrons. The Morgan fingerprint density at radius 3 is 2.31 bits per heavy atom. The lowest BCUT2D eigenvalue weighted by atomic mass is 9.89. The predicted molar refractivity (Wildman–Crippen MR) is 153 cm³/mol. The van der Waals surface area contributed by atoms with Crippen LogP contribution in [-0.4, -0.2) is 74.2 Å². The molecule has 2 fully saturated rings. The van der Waals surface area contributed by atoms with Crippen molar-refractivity contribution in [2.75, 3.05) is 12.0 Å². The van der Waals surface area contributed by atoms with Gasteiger partial charge in [-0.25, -0.2) is 21.8 Å². The number of fused-ring (bicyclic) bond motifs is 3. The minimum Gasteiger partial charge on any atom is -0.382 e. The van der Waals surface area contributed by atoms with Crippen LogP contribution in [0.2, 0.25) is 0 Å². The number of H-pyrrole nitrogens is 1. The summed E-state index contributed by atoms with van der Waals surface area (Å²) in [5, 5.41) is 11.5. The van der Waals surface area contributed by atoms with Crippen LogP contribution < -0.4 is 5.73 Å². The number of aromatic nitrogens is 7. The van der Waals surface area contributed by atoms with Crippen LogP contribution in [0.4, 0.5) is 5.82 Å². The number of aromatic amines is 1. The van der Waals surface area contributed by atoms with Crippen LogP contribution in [0.5, 0.6) is 0 Å². The van der Waals surface area contributed by atoms with Crippen LogP contribution in [0.1, 0.15) is 37.3 Å². The van der Waals surface area contributed by atoms with Crippen LogP contribution in [0, 0.1) is 0 Å². The number of benzene rings is 1. The second-order valence-electron chi connectivity index (χ2n) is 10.8. The van der Waals surface area contributed by atoms with Crippen molar-refractivity contribution in [1.82, 2.24) is 39.1 Å². The van der Waals surface area contributed by atoms with Crippen molar-refractivity contribution < 1.29 is 16.8 Å². The number of rotatable bonds is 6. The van der Waals surface area contributed by atoms with E-state index in [0.717, 1.165) is 23.1 Å². The lowest BCUT2D eigenvalue weighted by molar-refractivity contribution is 0.221. The molecule has 6 heterocycles. The Hall–Kier alpha value is -4.21. The van der Waals surface area contributed by atoms with Crippen LogP contribution in [0.3, 0.4) is 0 Å². The first-order valence-electron chi connectivity index (χ1n) is 13.4. The molecular formula is C27H27N9O4S2. The number of sulfonamides is 1. The van der Waals surface area contributed by atoms with Gasteiger partial charge in [0.05, 0.1) is 17.6 Å². The number of nitrogens with two attached hydrogens (primary N) is 1. The Kier molecular flexibility index (Phi) is 6.14. The molecule has 0 amide bonds. The molecule has 42 heavy (non-hydrogen) atoms. The molecule has 3 N–H and O–H groups in total. The second-order valence-corrected chi connectivity index (χ2v) is 14.5. The number of sulfone groups is 1. The molecule has 4 aromatic heterocycles. The van der Waals surface area contributed by atoms with Crippen LogP contribution in [0.15, 0.2) is 71.2 Å². The molecule has 0 spiro atoms. The first-order valence-corrected chi connectivity index (χ1v) is 16.7. The number of hydrogen-bond donors (Lipinski definition) is 2. The van der Waals surface area contributed by atoms with E-state index in [1.165, 1.54) is 15.1 Å². The maximum Gasteiger partial charge on any atom is 0.279 e. The van der Waals surface area contributed by atoms with E-state index in [0.29, 0.717) is 42.6 Å². The van der Waals surface area contributed by atoms with E-state index < -0.39 is 19.9 Å². The molecule has 2 aliphatic rings. The Morgan fingerprint density at radius 2 is 1.69 bits per heavy atom. The second kappa shape index (κ2) is 9.68. The van der Waals surface area contributed by atoms with Crippen molar-refractivity contribution in [3.05, 3.63) is 66.9 Å². The normalized spacial score (nSPS) is 21.2. The molecule has 0 saturated carbocycles. The minimum absolute atomic E-state index is 0.0262. The maximum atomic E-state index is 13.3. The Morgan fingerprint density at radius 1 is 0.952 bits per heavy atom. The molecule has 3 atom stereocenters. The summed E-state index contributed by atoms with van der Waals surface area (Å²) in [7, 11) is -7.68. The molecule has 2 aliphatic heterocycles. The van der Waals surface area contributed by atoms with Gasteiger partial charge in [-0.2, -0.15) is 13.9 Å². The van der Waals surface area contributed by atoms with E-state index in [-0.39, 0.29) is 33.9 Å². The van der Waals surface area contributed by atoms with E-state index in [4.69, 9.17) is 10.7 Å². The van der Waals surface area contributed by atoms with E-state index in [1.54, 1.807) is 12.4 Å². The van der Waals surface area contributed by atoms with Crippen molar-refractivity contribution in [2.45, 2.75) is 53.7 Å². The summed E-state index contributed by atoms with van der Waals surface area (Å²) in [6.45, 7) is 0. The summed E-state index contributed by atoms with van der Waals surface area (Å²) in [4.78, 5) is 12.0. The van der Waals surface area contributed by atoms with Gasteiger partial charge in [0.1, 0.15) is 17.0 Å². The maximum absolute atomic E-state index is 13.3. The lowest BCUT2D eigenvalue weighted by Gasteiger charge is -2.37. The van der Waals surface area contributed by atoms with Crippen molar-refractivity contribution in [1.29, 1.82) is 0 Å². The number of pyridine rings is 1. The van der Waals surface area contributed by atoms with Gasteiger partial charge in [0, 0.05) is 47.1 Å². The van der Waals surface area contributed by atoms with E-state index in [9.17, 15) is 16.8 Å². The number of nitrogens with one attached hydrogen (secondary N) is 1. The van der Waals surface area contributed by atoms with Gasteiger partial charge in [-0.15, -0.1) is 10.2 Å². The lowest BCUT2D eigenvalue weighted by Crippen LogP contribution is -2.46. The molecule has 15 heteroatoms. The van der Waals surface area contributed by atoms with Crippen LogP contribution in [0.25, 0.3) is 28.0 Å². The summed E-state index contributed by atoms with van der Waals surface area (Å²) in [6.07, 6.45) is 7.76. The predicted octanol–water partition coefficient (Wildman–Crippen LogP) is 2.66. The zero-order valence-electron chi connectivity index (χ0n) is 22.5. The van der Waals surface area contributed by atoms with Gasteiger partial charge in [0.15, 0.2) is 15.5 Å². The Labute approximate surface area is 241 Å². The van der Waals surface area contributed by atoms with Crippen molar-refractivity contribution in [3.63, 3.8) is 0 Å². The SMILES string of the molecule is CS(=O)(=O)c1c([C@H]2C[C@H]3CC[C@@H](C2)N3S(=O)(=O)c2nnc[nH]2)nc2c(-c3ccc(-c4ccccc4)nc3)cnn2c1N. The average Bonchev–Trinajstić information content (AvgIpc) is 3.72. The summed E-state index contributed by atoms with van der Waals surface area (Å²) in [6, 6.07) is 13.0. The zero-order chi connectivity index (χ0) is 29.2. The smallest absolute Gasteiger partial charge is 0.279 e. The molecule has 0 unspecified atom stereocenters. The summed E-state index contributed by atoms with van der Waals surface area (Å²) >= 11 is 0. The zero-order valence-corrected chi connectivity index (χ0v) is 24.1. The van der Waals surface area contributed by atoms with E-state index in [2.05, 4.69) is 25.3 Å². The summed E-state index contributed by atoms with van der Waals surface area (Å²) in [5.41, 5.74) is 10.4. The van der Waals surface area contributed by atoms with Crippen LogP contribution in [-0.2, 0) is 19.9 Å². The number of anilines is 1.